The molecule has 0 saturated carbocycles. The summed E-state index contributed by atoms with van der Waals surface area (Å²) in [5.74, 6) is 0.494. The number of fused-ring (bicyclic) bond motifs is 1. The van der Waals surface area contributed by atoms with E-state index in [2.05, 4.69) is 54.1 Å². The number of nitrogens with one attached hydrogen (secondary N) is 1. The van der Waals surface area contributed by atoms with Gasteiger partial charge < -0.3 is 9.88 Å². The molecule has 5 nitrogen and oxygen atoms in total. The van der Waals surface area contributed by atoms with Crippen molar-refractivity contribution in [3.63, 3.8) is 0 Å². The number of aromatic nitrogens is 3. The predicted octanol–water partition coefficient (Wildman–Crippen LogP) is 4.08. The Morgan fingerprint density at radius 2 is 2.04 bits per heavy atom. The van der Waals surface area contributed by atoms with Gasteiger partial charge in [-0.15, -0.1) is 11.3 Å². The van der Waals surface area contributed by atoms with Crippen molar-refractivity contribution < 1.29 is 0 Å². The maximum atomic E-state index is 12.5. The van der Waals surface area contributed by atoms with Crippen LogP contribution in [0.15, 0.2) is 52.8 Å². The SMILES string of the molecule is Cc1cc(-c2csc3c(=O)[nH]c(-c4ccccn4)nc23)ccc1CN(C)C. The number of hydrogen-bond acceptors (Lipinski definition) is 5. The van der Waals surface area contributed by atoms with Crippen molar-refractivity contribution in [2.24, 2.45) is 0 Å². The van der Waals surface area contributed by atoms with E-state index in [0.29, 0.717) is 16.2 Å². The minimum atomic E-state index is -0.127. The summed E-state index contributed by atoms with van der Waals surface area (Å²) in [5, 5.41) is 2.01. The molecule has 3 heterocycles. The highest BCUT2D eigenvalue weighted by Gasteiger charge is 2.14. The van der Waals surface area contributed by atoms with E-state index >= 15 is 0 Å². The van der Waals surface area contributed by atoms with Crippen LogP contribution in [0, 0.1) is 6.92 Å². The quantitative estimate of drug-likeness (QED) is 0.583. The van der Waals surface area contributed by atoms with Gasteiger partial charge in [0.05, 0.1) is 5.52 Å². The van der Waals surface area contributed by atoms with Crippen molar-refractivity contribution >= 4 is 21.6 Å². The minimum absolute atomic E-state index is 0.127. The average molecular weight is 376 g/mol. The number of nitrogens with zero attached hydrogens (tertiary/aromatic N) is 3. The molecule has 0 atom stereocenters. The van der Waals surface area contributed by atoms with Crippen molar-refractivity contribution in [3.05, 3.63) is 69.5 Å². The summed E-state index contributed by atoms with van der Waals surface area (Å²) in [6.45, 7) is 3.02. The maximum Gasteiger partial charge on any atom is 0.269 e. The van der Waals surface area contributed by atoms with Crippen LogP contribution in [0.4, 0.5) is 0 Å². The number of aryl methyl sites for hydroxylation is 1. The van der Waals surface area contributed by atoms with E-state index in [4.69, 9.17) is 4.98 Å². The molecule has 0 amide bonds. The Kier molecular flexibility index (Phi) is 4.59. The molecule has 0 aliphatic rings. The van der Waals surface area contributed by atoms with Crippen molar-refractivity contribution in [2.45, 2.75) is 13.5 Å². The molecule has 0 aliphatic heterocycles. The molecular formula is C21H20N4OS. The molecule has 0 radical (unpaired) electrons. The predicted molar refractivity (Wildman–Crippen MR) is 111 cm³/mol. The summed E-state index contributed by atoms with van der Waals surface area (Å²) in [7, 11) is 4.13. The van der Waals surface area contributed by atoms with Crippen LogP contribution < -0.4 is 5.56 Å². The van der Waals surface area contributed by atoms with Gasteiger partial charge in [-0.1, -0.05) is 24.3 Å². The van der Waals surface area contributed by atoms with Gasteiger partial charge in [-0.25, -0.2) is 4.98 Å². The fourth-order valence-corrected chi connectivity index (χ4v) is 4.05. The van der Waals surface area contributed by atoms with Crippen LogP contribution in [0.3, 0.4) is 0 Å². The molecule has 0 saturated heterocycles. The highest BCUT2D eigenvalue weighted by atomic mass is 32.1. The Balaban J connectivity index is 1.84. The van der Waals surface area contributed by atoms with Gasteiger partial charge in [-0.05, 0) is 49.8 Å². The summed E-state index contributed by atoms with van der Waals surface area (Å²) in [5.41, 5.74) is 5.84. The van der Waals surface area contributed by atoms with E-state index in [0.717, 1.165) is 23.2 Å². The van der Waals surface area contributed by atoms with E-state index in [1.165, 1.54) is 22.5 Å². The van der Waals surface area contributed by atoms with Crippen LogP contribution in [0.1, 0.15) is 11.1 Å². The van der Waals surface area contributed by atoms with Crippen LogP contribution in [-0.2, 0) is 6.54 Å². The van der Waals surface area contributed by atoms with Crippen molar-refractivity contribution in [3.8, 4) is 22.6 Å². The molecule has 0 spiro atoms. The Morgan fingerprint density at radius 3 is 2.74 bits per heavy atom. The van der Waals surface area contributed by atoms with Crippen LogP contribution in [0.5, 0.6) is 0 Å². The molecule has 0 fully saturated rings. The fourth-order valence-electron chi connectivity index (χ4n) is 3.14. The molecule has 27 heavy (non-hydrogen) atoms. The van der Waals surface area contributed by atoms with Crippen molar-refractivity contribution in [2.75, 3.05) is 14.1 Å². The highest BCUT2D eigenvalue weighted by Crippen LogP contribution is 2.32. The summed E-state index contributed by atoms with van der Waals surface area (Å²) in [6, 6.07) is 12.0. The molecule has 136 valence electrons. The topological polar surface area (TPSA) is 61.9 Å². The number of hydrogen-bond donors (Lipinski definition) is 1. The van der Waals surface area contributed by atoms with Crippen LogP contribution in [-0.4, -0.2) is 33.9 Å². The lowest BCUT2D eigenvalue weighted by molar-refractivity contribution is 0.401. The van der Waals surface area contributed by atoms with E-state index < -0.39 is 0 Å². The number of aromatic amines is 1. The van der Waals surface area contributed by atoms with Gasteiger partial charge >= 0.3 is 0 Å². The van der Waals surface area contributed by atoms with Crippen LogP contribution >= 0.6 is 11.3 Å². The second kappa shape index (κ2) is 7.06. The standard InChI is InChI=1S/C21H20N4OS/c1-13-10-14(7-8-15(13)11-25(2)3)16-12-27-19-18(16)23-20(24-21(19)26)17-6-4-5-9-22-17/h4-10,12H,11H2,1-3H3,(H,23,24,26). The van der Waals surface area contributed by atoms with Gasteiger partial charge in [0, 0.05) is 23.7 Å². The lowest BCUT2D eigenvalue weighted by Gasteiger charge is -2.13. The summed E-state index contributed by atoms with van der Waals surface area (Å²) in [6.07, 6.45) is 1.70. The molecule has 1 aromatic carbocycles. The first-order chi connectivity index (χ1) is 13.0. The van der Waals surface area contributed by atoms with E-state index in [-0.39, 0.29) is 5.56 Å². The van der Waals surface area contributed by atoms with Gasteiger partial charge in [0.15, 0.2) is 5.82 Å². The molecular weight excluding hydrogens is 356 g/mol. The summed E-state index contributed by atoms with van der Waals surface area (Å²) < 4.78 is 0.639. The normalized spacial score (nSPS) is 11.4. The van der Waals surface area contributed by atoms with Crippen molar-refractivity contribution in [1.82, 2.24) is 19.9 Å². The van der Waals surface area contributed by atoms with E-state index in [1.54, 1.807) is 6.20 Å². The lowest BCUT2D eigenvalue weighted by Crippen LogP contribution is -2.11. The summed E-state index contributed by atoms with van der Waals surface area (Å²) >= 11 is 1.43. The maximum absolute atomic E-state index is 12.5. The number of H-pyrrole nitrogens is 1. The zero-order valence-corrected chi connectivity index (χ0v) is 16.3. The van der Waals surface area contributed by atoms with Gasteiger partial charge in [0.1, 0.15) is 10.4 Å². The first-order valence-electron chi connectivity index (χ1n) is 8.70. The summed E-state index contributed by atoms with van der Waals surface area (Å²) in [4.78, 5) is 26.6. The van der Waals surface area contributed by atoms with Gasteiger partial charge in [0.25, 0.3) is 5.56 Å². The number of thiophene rings is 1. The molecule has 3 aromatic heterocycles. The molecule has 0 bridgehead atoms. The van der Waals surface area contributed by atoms with Crippen LogP contribution in [0.25, 0.3) is 32.9 Å². The minimum Gasteiger partial charge on any atom is -0.305 e. The number of pyridine rings is 1. The lowest BCUT2D eigenvalue weighted by atomic mass is 10.0. The third kappa shape index (κ3) is 3.41. The van der Waals surface area contributed by atoms with Crippen molar-refractivity contribution in [1.29, 1.82) is 0 Å². The molecule has 0 aliphatic carbocycles. The average Bonchev–Trinajstić information content (AvgIpc) is 3.08. The Hall–Kier alpha value is -2.83. The first kappa shape index (κ1) is 17.6. The van der Waals surface area contributed by atoms with Gasteiger partial charge in [0.2, 0.25) is 0 Å². The first-order valence-corrected chi connectivity index (χ1v) is 9.58. The second-order valence-corrected chi connectivity index (χ2v) is 7.72. The second-order valence-electron chi connectivity index (χ2n) is 6.84. The van der Waals surface area contributed by atoms with Gasteiger partial charge in [-0.3, -0.25) is 9.78 Å². The Bertz CT molecular complexity index is 1160. The third-order valence-electron chi connectivity index (χ3n) is 4.47. The van der Waals surface area contributed by atoms with E-state index in [1.807, 2.05) is 23.6 Å². The van der Waals surface area contributed by atoms with E-state index in [9.17, 15) is 4.79 Å². The molecule has 1 N–H and O–H groups in total. The highest BCUT2D eigenvalue weighted by molar-refractivity contribution is 7.17. The largest absolute Gasteiger partial charge is 0.305 e. The molecule has 4 aromatic rings. The molecule has 4 rings (SSSR count). The number of benzene rings is 1. The Labute approximate surface area is 161 Å². The fraction of sp³-hybridized carbons (Fsp3) is 0.190. The smallest absolute Gasteiger partial charge is 0.269 e. The molecule has 6 heteroatoms. The van der Waals surface area contributed by atoms with Gasteiger partial charge in [-0.2, -0.15) is 0 Å². The zero-order chi connectivity index (χ0) is 19.0. The monoisotopic (exact) mass is 376 g/mol. The Morgan fingerprint density at radius 1 is 1.19 bits per heavy atom. The third-order valence-corrected chi connectivity index (χ3v) is 5.44. The molecule has 0 unspecified atom stereocenters. The van der Waals surface area contributed by atoms with Crippen LogP contribution in [0.2, 0.25) is 0 Å². The zero-order valence-electron chi connectivity index (χ0n) is 15.5. The number of rotatable bonds is 4.